The minimum Gasteiger partial charge on any atom is -0.543 e. The van der Waals surface area contributed by atoms with Crippen molar-refractivity contribution in [3.05, 3.63) is 118 Å². The molecule has 4 rings (SSSR count). The third kappa shape index (κ3) is 7.16. The van der Waals surface area contributed by atoms with Crippen LogP contribution in [0, 0.1) is 19.7 Å². The van der Waals surface area contributed by atoms with Crippen LogP contribution in [0.3, 0.4) is 0 Å². The minimum atomic E-state index is -1.94. The number of rotatable bonds is 8. The first-order valence-corrected chi connectivity index (χ1v) is 17.6. The lowest BCUT2D eigenvalue weighted by molar-refractivity contribution is 0.489. The zero-order chi connectivity index (χ0) is 28.4. The molecule has 39 heavy (non-hydrogen) atoms. The van der Waals surface area contributed by atoms with E-state index in [1.807, 2.05) is 0 Å². The molecule has 0 aliphatic heterocycles. The number of benzene rings is 4. The van der Waals surface area contributed by atoms with Crippen molar-refractivity contribution < 1.29 is 8.82 Å². The third-order valence-electron chi connectivity index (χ3n) is 7.71. The van der Waals surface area contributed by atoms with Gasteiger partial charge in [-0.15, -0.1) is 11.8 Å². The highest BCUT2D eigenvalue weighted by molar-refractivity contribution is 7.99. The van der Waals surface area contributed by atoms with Gasteiger partial charge in [0.1, 0.15) is 11.6 Å². The molecular formula is C34H38ClFOSSi. The van der Waals surface area contributed by atoms with Gasteiger partial charge >= 0.3 is 0 Å². The van der Waals surface area contributed by atoms with Crippen LogP contribution in [0.1, 0.15) is 48.3 Å². The molecule has 0 saturated carbocycles. The van der Waals surface area contributed by atoms with Crippen LogP contribution in [0.25, 0.3) is 11.1 Å². The van der Waals surface area contributed by atoms with Gasteiger partial charge in [-0.2, -0.15) is 0 Å². The van der Waals surface area contributed by atoms with Gasteiger partial charge in [0.2, 0.25) is 8.32 Å². The largest absolute Gasteiger partial charge is 0.543 e. The molecule has 0 aliphatic rings. The van der Waals surface area contributed by atoms with Gasteiger partial charge in [-0.3, -0.25) is 0 Å². The summed E-state index contributed by atoms with van der Waals surface area (Å²) in [7, 11) is -1.94. The van der Waals surface area contributed by atoms with E-state index in [9.17, 15) is 4.39 Å². The van der Waals surface area contributed by atoms with E-state index in [1.165, 1.54) is 17.2 Å². The normalized spacial score (nSPS) is 12.8. The van der Waals surface area contributed by atoms with Crippen LogP contribution in [0.15, 0.2) is 89.8 Å². The maximum atomic E-state index is 14.8. The van der Waals surface area contributed by atoms with Gasteiger partial charge < -0.3 is 4.43 Å². The van der Waals surface area contributed by atoms with E-state index in [0.29, 0.717) is 17.0 Å². The molecule has 0 N–H and O–H groups in total. The molecule has 0 spiro atoms. The zero-order valence-electron chi connectivity index (χ0n) is 23.9. The molecule has 1 unspecified atom stereocenters. The molecule has 4 aromatic rings. The molecule has 0 heterocycles. The molecule has 0 bridgehead atoms. The molecular weight excluding hydrogens is 539 g/mol. The summed E-state index contributed by atoms with van der Waals surface area (Å²) in [5.41, 5.74) is 6.38. The molecule has 1 nitrogen and oxygen atoms in total. The molecule has 0 radical (unpaired) electrons. The van der Waals surface area contributed by atoms with E-state index >= 15 is 0 Å². The maximum Gasteiger partial charge on any atom is 0.250 e. The van der Waals surface area contributed by atoms with Crippen LogP contribution in [0.5, 0.6) is 5.75 Å². The molecule has 0 amide bonds. The Bertz CT molecular complexity index is 1410. The Kier molecular flexibility index (Phi) is 9.00. The lowest BCUT2D eigenvalue weighted by Crippen LogP contribution is -2.44. The Morgan fingerprint density at radius 2 is 1.49 bits per heavy atom. The number of hydrogen-bond acceptors (Lipinski definition) is 2. The summed E-state index contributed by atoms with van der Waals surface area (Å²) in [5, 5.41) is 0.575. The Hall–Kier alpha value is -2.53. The van der Waals surface area contributed by atoms with E-state index < -0.39 is 8.32 Å². The predicted molar refractivity (Wildman–Crippen MR) is 169 cm³/mol. The van der Waals surface area contributed by atoms with Gasteiger partial charge in [0.25, 0.3) is 0 Å². The Labute approximate surface area is 243 Å². The molecule has 204 valence electrons. The molecule has 0 aromatic heterocycles. The average molecular weight is 577 g/mol. The van der Waals surface area contributed by atoms with Gasteiger partial charge in [0, 0.05) is 20.7 Å². The zero-order valence-corrected chi connectivity index (χ0v) is 26.5. The van der Waals surface area contributed by atoms with Gasteiger partial charge in [0.15, 0.2) is 0 Å². The molecule has 4 aromatic carbocycles. The SMILES string of the molecule is Cc1ccc(-c2ccc(C(Cc3c(F)cccc3Cl)Sc3ccc(O[Si](C)(C)C(C)(C)C)c(C)c3)cc2)cc1. The third-order valence-corrected chi connectivity index (χ3v) is 13.7. The highest BCUT2D eigenvalue weighted by Gasteiger charge is 2.39. The number of thioether (sulfide) groups is 1. The summed E-state index contributed by atoms with van der Waals surface area (Å²) >= 11 is 8.20. The topological polar surface area (TPSA) is 9.23 Å². The number of halogens is 2. The Balaban J connectivity index is 1.64. The summed E-state index contributed by atoms with van der Waals surface area (Å²) in [6.45, 7) is 15.5. The standard InChI is InChI=1S/C34H38ClFOSSi/c1-23-11-13-25(14-12-23)26-15-17-27(18-16-26)33(22-29-30(35)9-8-10-31(29)36)38-28-19-20-32(24(2)21-28)37-39(6,7)34(3,4)5/h8-21,33H,22H2,1-7H3. The number of aryl methyl sites for hydroxylation is 2. The highest BCUT2D eigenvalue weighted by Crippen LogP contribution is 2.43. The van der Waals surface area contributed by atoms with E-state index in [-0.39, 0.29) is 16.1 Å². The van der Waals surface area contributed by atoms with Crippen molar-refractivity contribution in [2.24, 2.45) is 0 Å². The van der Waals surface area contributed by atoms with Gasteiger partial charge in [-0.1, -0.05) is 92.5 Å². The van der Waals surface area contributed by atoms with Crippen molar-refractivity contribution in [3.8, 4) is 16.9 Å². The van der Waals surface area contributed by atoms with E-state index in [0.717, 1.165) is 27.3 Å². The van der Waals surface area contributed by atoms with Crippen molar-refractivity contribution in [3.63, 3.8) is 0 Å². The smallest absolute Gasteiger partial charge is 0.250 e. The van der Waals surface area contributed by atoms with Crippen molar-refractivity contribution >= 4 is 31.7 Å². The Morgan fingerprint density at radius 3 is 2.05 bits per heavy atom. The first kappa shape index (κ1) is 29.4. The maximum absolute atomic E-state index is 14.8. The second-order valence-corrected chi connectivity index (χ2v) is 18.2. The summed E-state index contributed by atoms with van der Waals surface area (Å²) in [6.07, 6.45) is 0.487. The van der Waals surface area contributed by atoms with Crippen molar-refractivity contribution in [1.29, 1.82) is 0 Å². The summed E-state index contributed by atoms with van der Waals surface area (Å²) in [4.78, 5) is 1.12. The molecule has 0 fully saturated rings. The minimum absolute atomic E-state index is 0.0157. The van der Waals surface area contributed by atoms with Crippen LogP contribution >= 0.6 is 23.4 Å². The van der Waals surface area contributed by atoms with Crippen molar-refractivity contribution in [1.82, 2.24) is 0 Å². The molecule has 0 aliphatic carbocycles. The average Bonchev–Trinajstić information content (AvgIpc) is 2.87. The van der Waals surface area contributed by atoms with Crippen LogP contribution in [-0.4, -0.2) is 8.32 Å². The molecule has 5 heteroatoms. The Morgan fingerprint density at radius 1 is 0.872 bits per heavy atom. The van der Waals surface area contributed by atoms with Crippen molar-refractivity contribution in [2.75, 3.05) is 0 Å². The van der Waals surface area contributed by atoms with Crippen LogP contribution in [0.2, 0.25) is 23.2 Å². The fourth-order valence-electron chi connectivity index (χ4n) is 4.18. The fourth-order valence-corrected chi connectivity index (χ4v) is 6.77. The van der Waals surface area contributed by atoms with Crippen LogP contribution in [0.4, 0.5) is 4.39 Å². The second-order valence-electron chi connectivity index (χ2n) is 11.8. The first-order chi connectivity index (χ1) is 18.3. The first-order valence-electron chi connectivity index (χ1n) is 13.4. The summed E-state index contributed by atoms with van der Waals surface area (Å²) in [6, 6.07) is 28.5. The molecule has 1 atom stereocenters. The van der Waals surface area contributed by atoms with E-state index in [1.54, 1.807) is 23.9 Å². The van der Waals surface area contributed by atoms with E-state index in [4.69, 9.17) is 16.0 Å². The quantitative estimate of drug-likeness (QED) is 0.152. The second kappa shape index (κ2) is 11.9. The van der Waals surface area contributed by atoms with Gasteiger partial charge in [0.05, 0.1) is 0 Å². The van der Waals surface area contributed by atoms with Gasteiger partial charge in [-0.05, 0) is 91.0 Å². The highest BCUT2D eigenvalue weighted by atomic mass is 35.5. The lowest BCUT2D eigenvalue weighted by Gasteiger charge is -2.37. The predicted octanol–water partition coefficient (Wildman–Crippen LogP) is 11.2. The lowest BCUT2D eigenvalue weighted by atomic mass is 9.99. The van der Waals surface area contributed by atoms with Crippen LogP contribution < -0.4 is 4.43 Å². The summed E-state index contributed by atoms with van der Waals surface area (Å²) in [5.74, 6) is 0.681. The van der Waals surface area contributed by atoms with Gasteiger partial charge in [-0.25, -0.2) is 4.39 Å². The monoisotopic (exact) mass is 576 g/mol. The number of hydrogen-bond donors (Lipinski definition) is 0. The summed E-state index contributed by atoms with van der Waals surface area (Å²) < 4.78 is 21.4. The fraction of sp³-hybridized carbons (Fsp3) is 0.294. The molecule has 0 saturated heterocycles. The van der Waals surface area contributed by atoms with E-state index in [2.05, 4.69) is 114 Å². The van der Waals surface area contributed by atoms with Crippen LogP contribution in [-0.2, 0) is 6.42 Å². The van der Waals surface area contributed by atoms with Crippen molar-refractivity contribution in [2.45, 2.75) is 69.3 Å².